The van der Waals surface area contributed by atoms with E-state index in [0.29, 0.717) is 6.54 Å². The zero-order valence-electron chi connectivity index (χ0n) is 14.0. The van der Waals surface area contributed by atoms with Crippen LogP contribution in [0, 0.1) is 5.92 Å². The van der Waals surface area contributed by atoms with Gasteiger partial charge in [-0.1, -0.05) is 58.4 Å². The van der Waals surface area contributed by atoms with Gasteiger partial charge in [0.1, 0.15) is 6.61 Å². The first kappa shape index (κ1) is 17.7. The molecule has 0 radical (unpaired) electrons. The number of hydrogen-bond donors (Lipinski definition) is 0. The third-order valence-corrected chi connectivity index (χ3v) is 5.06. The zero-order chi connectivity index (χ0) is 17.8. The van der Waals surface area contributed by atoms with Crippen molar-refractivity contribution in [3.63, 3.8) is 0 Å². The normalized spacial score (nSPS) is 18.2. The Morgan fingerprint density at radius 2 is 1.88 bits per heavy atom. The van der Waals surface area contributed by atoms with Gasteiger partial charge in [-0.05, 0) is 30.2 Å². The van der Waals surface area contributed by atoms with Crippen LogP contribution in [0.25, 0.3) is 0 Å². The molecular formula is C20H20BrNO3. The largest absolute Gasteiger partial charge is 0.461 e. The Morgan fingerprint density at radius 1 is 1.20 bits per heavy atom. The molecule has 1 fully saturated rings. The van der Waals surface area contributed by atoms with Crippen LogP contribution in [-0.2, 0) is 20.9 Å². The summed E-state index contributed by atoms with van der Waals surface area (Å²) in [5.41, 5.74) is 2.00. The molecule has 2 aromatic carbocycles. The average molecular weight is 402 g/mol. The van der Waals surface area contributed by atoms with Crippen molar-refractivity contribution < 1.29 is 14.3 Å². The molecular weight excluding hydrogens is 382 g/mol. The topological polar surface area (TPSA) is 46.6 Å². The van der Waals surface area contributed by atoms with Gasteiger partial charge in [0.25, 0.3) is 0 Å². The summed E-state index contributed by atoms with van der Waals surface area (Å²) < 4.78 is 6.38. The predicted molar refractivity (Wildman–Crippen MR) is 98.6 cm³/mol. The van der Waals surface area contributed by atoms with Crippen LogP contribution >= 0.6 is 15.9 Å². The molecule has 1 aliphatic heterocycles. The maximum atomic E-state index is 12.3. The predicted octanol–water partition coefficient (Wildman–Crippen LogP) is 4.10. The molecule has 0 bridgehead atoms. The number of amides is 1. The molecule has 0 unspecified atom stereocenters. The van der Waals surface area contributed by atoms with Crippen molar-refractivity contribution in [2.45, 2.75) is 26.0 Å². The van der Waals surface area contributed by atoms with Gasteiger partial charge >= 0.3 is 5.97 Å². The molecule has 1 saturated heterocycles. The van der Waals surface area contributed by atoms with Crippen LogP contribution < -0.4 is 0 Å². The van der Waals surface area contributed by atoms with Crippen LogP contribution in [0.1, 0.15) is 30.5 Å². The third-order valence-electron chi connectivity index (χ3n) is 4.54. The molecule has 1 amide bonds. The highest BCUT2D eigenvalue weighted by atomic mass is 79.9. The second-order valence-corrected chi connectivity index (χ2v) is 7.18. The van der Waals surface area contributed by atoms with E-state index < -0.39 is 5.92 Å². The molecule has 2 atom stereocenters. The Hall–Kier alpha value is -2.14. The minimum Gasteiger partial charge on any atom is -0.461 e. The maximum absolute atomic E-state index is 12.3. The Kier molecular flexibility index (Phi) is 5.53. The van der Waals surface area contributed by atoms with Crippen molar-refractivity contribution in [3.8, 4) is 0 Å². The van der Waals surface area contributed by atoms with Crippen LogP contribution in [0.3, 0.4) is 0 Å². The van der Waals surface area contributed by atoms with Crippen molar-refractivity contribution in [2.75, 3.05) is 6.54 Å². The number of halogens is 1. The highest BCUT2D eigenvalue weighted by Gasteiger charge is 2.37. The van der Waals surface area contributed by atoms with Gasteiger partial charge in [-0.25, -0.2) is 0 Å². The number of esters is 1. The minimum absolute atomic E-state index is 0.00180. The van der Waals surface area contributed by atoms with E-state index in [-0.39, 0.29) is 30.9 Å². The monoisotopic (exact) mass is 401 g/mol. The fourth-order valence-electron chi connectivity index (χ4n) is 3.03. The second-order valence-electron chi connectivity index (χ2n) is 6.27. The van der Waals surface area contributed by atoms with Gasteiger partial charge in [-0.15, -0.1) is 0 Å². The summed E-state index contributed by atoms with van der Waals surface area (Å²) in [6.07, 6.45) is 0.219. The van der Waals surface area contributed by atoms with Gasteiger partial charge in [0.15, 0.2) is 0 Å². The first-order valence-electron chi connectivity index (χ1n) is 8.30. The molecule has 25 heavy (non-hydrogen) atoms. The summed E-state index contributed by atoms with van der Waals surface area (Å²) in [7, 11) is 0. The minimum atomic E-state index is -0.394. The summed E-state index contributed by atoms with van der Waals surface area (Å²) in [5, 5.41) is 0. The standard InChI is InChI=1S/C20H20BrNO3/c1-14(16-5-3-2-4-6-16)22-12-17(11-19(22)23)20(24)25-13-15-7-9-18(21)10-8-15/h2-10,14,17H,11-13H2,1H3/t14-,17-/m0/s1. The first-order valence-corrected chi connectivity index (χ1v) is 9.09. The molecule has 0 N–H and O–H groups in total. The lowest BCUT2D eigenvalue weighted by Gasteiger charge is -2.25. The van der Waals surface area contributed by atoms with Gasteiger partial charge in [0.2, 0.25) is 5.91 Å². The van der Waals surface area contributed by atoms with E-state index in [1.54, 1.807) is 4.90 Å². The van der Waals surface area contributed by atoms with E-state index in [9.17, 15) is 9.59 Å². The molecule has 1 aliphatic rings. The molecule has 0 saturated carbocycles. The average Bonchev–Trinajstić information content (AvgIpc) is 3.03. The van der Waals surface area contributed by atoms with Gasteiger partial charge in [0.05, 0.1) is 12.0 Å². The van der Waals surface area contributed by atoms with E-state index in [0.717, 1.165) is 15.6 Å². The molecule has 5 heteroatoms. The number of carbonyl (C=O) groups excluding carboxylic acids is 2. The first-order chi connectivity index (χ1) is 12.0. The number of benzene rings is 2. The lowest BCUT2D eigenvalue weighted by atomic mass is 10.1. The van der Waals surface area contributed by atoms with Crippen LogP contribution in [0.2, 0.25) is 0 Å². The van der Waals surface area contributed by atoms with E-state index in [1.165, 1.54) is 0 Å². The number of rotatable bonds is 5. The van der Waals surface area contributed by atoms with Crippen LogP contribution in [0.5, 0.6) is 0 Å². The zero-order valence-corrected chi connectivity index (χ0v) is 15.6. The molecule has 130 valence electrons. The van der Waals surface area contributed by atoms with Gasteiger partial charge < -0.3 is 9.64 Å². The highest BCUT2D eigenvalue weighted by Crippen LogP contribution is 2.29. The molecule has 0 aliphatic carbocycles. The molecule has 2 aromatic rings. The molecule has 0 aromatic heterocycles. The van der Waals surface area contributed by atoms with Crippen LogP contribution in [0.4, 0.5) is 0 Å². The fraction of sp³-hybridized carbons (Fsp3) is 0.300. The van der Waals surface area contributed by atoms with Crippen LogP contribution in [0.15, 0.2) is 59.1 Å². The third kappa shape index (κ3) is 4.28. The molecule has 0 spiro atoms. The van der Waals surface area contributed by atoms with Gasteiger partial charge in [-0.2, -0.15) is 0 Å². The van der Waals surface area contributed by atoms with Crippen molar-refractivity contribution in [2.24, 2.45) is 5.92 Å². The van der Waals surface area contributed by atoms with E-state index in [4.69, 9.17) is 4.74 Å². The molecule has 3 rings (SSSR count). The number of nitrogens with zero attached hydrogens (tertiary/aromatic N) is 1. The van der Waals surface area contributed by atoms with Crippen molar-refractivity contribution >= 4 is 27.8 Å². The molecule has 1 heterocycles. The summed E-state index contributed by atoms with van der Waals surface area (Å²) in [4.78, 5) is 26.4. The number of likely N-dealkylation sites (tertiary alicyclic amines) is 1. The van der Waals surface area contributed by atoms with Crippen molar-refractivity contribution in [1.29, 1.82) is 0 Å². The number of hydrogen-bond acceptors (Lipinski definition) is 3. The van der Waals surface area contributed by atoms with Crippen molar-refractivity contribution in [3.05, 3.63) is 70.2 Å². The highest BCUT2D eigenvalue weighted by molar-refractivity contribution is 9.10. The number of carbonyl (C=O) groups is 2. The Labute approximate surface area is 155 Å². The summed E-state index contributed by atoms with van der Waals surface area (Å²) in [6.45, 7) is 2.63. The Bertz CT molecular complexity index is 745. The van der Waals surface area contributed by atoms with E-state index >= 15 is 0 Å². The number of ether oxygens (including phenoxy) is 1. The van der Waals surface area contributed by atoms with E-state index in [1.807, 2.05) is 61.5 Å². The maximum Gasteiger partial charge on any atom is 0.311 e. The summed E-state index contributed by atoms with van der Waals surface area (Å²) in [5.74, 6) is -0.699. The quantitative estimate of drug-likeness (QED) is 0.708. The van der Waals surface area contributed by atoms with Gasteiger partial charge in [0, 0.05) is 17.4 Å². The smallest absolute Gasteiger partial charge is 0.311 e. The van der Waals surface area contributed by atoms with Crippen molar-refractivity contribution in [1.82, 2.24) is 4.90 Å². The molecule has 4 nitrogen and oxygen atoms in total. The summed E-state index contributed by atoms with van der Waals surface area (Å²) in [6, 6.07) is 17.4. The SMILES string of the molecule is C[C@@H](c1ccccc1)N1C[C@@H](C(=O)OCc2ccc(Br)cc2)CC1=O. The lowest BCUT2D eigenvalue weighted by Crippen LogP contribution is -2.29. The van der Waals surface area contributed by atoms with E-state index in [2.05, 4.69) is 15.9 Å². The van der Waals surface area contributed by atoms with Gasteiger partial charge in [-0.3, -0.25) is 9.59 Å². The lowest BCUT2D eigenvalue weighted by molar-refractivity contribution is -0.149. The Balaban J connectivity index is 1.58. The second kappa shape index (κ2) is 7.83. The fourth-order valence-corrected chi connectivity index (χ4v) is 3.29. The summed E-state index contributed by atoms with van der Waals surface area (Å²) >= 11 is 3.37. The van der Waals surface area contributed by atoms with Crippen LogP contribution in [-0.4, -0.2) is 23.3 Å². The Morgan fingerprint density at radius 3 is 2.56 bits per heavy atom.